The lowest BCUT2D eigenvalue weighted by Gasteiger charge is -2.12. The Morgan fingerprint density at radius 3 is 1.44 bits per heavy atom. The molecule has 1 nitrogen and oxygen atoms in total. The molecule has 0 aliphatic heterocycles. The second kappa shape index (κ2) is 24.3. The van der Waals surface area contributed by atoms with Gasteiger partial charge in [0.15, 0.2) is 0 Å². The van der Waals surface area contributed by atoms with Crippen molar-refractivity contribution in [2.24, 2.45) is 0 Å². The van der Waals surface area contributed by atoms with Crippen LogP contribution in [0, 0.1) is 0 Å². The molecule has 0 aromatic heterocycles. The maximum atomic E-state index is 5.97. The van der Waals surface area contributed by atoms with E-state index in [4.69, 9.17) is 4.74 Å². The second-order valence-corrected chi connectivity index (χ2v) is 9.56. The summed E-state index contributed by atoms with van der Waals surface area (Å²) in [6.45, 7) is 7.79. The molecule has 164 valence electrons. The zero-order valence-electron chi connectivity index (χ0n) is 19.2. The molecule has 27 heavy (non-hydrogen) atoms. The van der Waals surface area contributed by atoms with E-state index in [2.05, 4.69) is 32.5 Å². The van der Waals surface area contributed by atoms with Crippen LogP contribution in [-0.4, -0.2) is 24.2 Å². The third-order valence-corrected chi connectivity index (χ3v) is 6.68. The van der Waals surface area contributed by atoms with Gasteiger partial charge in [0.2, 0.25) is 0 Å². The molecule has 0 saturated heterocycles. The van der Waals surface area contributed by atoms with Crippen LogP contribution < -0.4 is 0 Å². The summed E-state index contributed by atoms with van der Waals surface area (Å²) in [6.07, 6.45) is 25.8. The van der Waals surface area contributed by atoms with E-state index >= 15 is 0 Å². The van der Waals surface area contributed by atoms with E-state index < -0.39 is 0 Å². The summed E-state index contributed by atoms with van der Waals surface area (Å²) in [5.41, 5.74) is 0. The number of unbranched alkanes of at least 4 members (excludes halogenated alkanes) is 16. The summed E-state index contributed by atoms with van der Waals surface area (Å²) in [6, 6.07) is 0. The molecule has 0 aliphatic carbocycles. The van der Waals surface area contributed by atoms with Crippen LogP contribution in [0.3, 0.4) is 0 Å². The molecule has 0 fully saturated rings. The van der Waals surface area contributed by atoms with Crippen LogP contribution in [0.15, 0.2) is 0 Å². The Bertz CT molecular complexity index is 257. The van der Waals surface area contributed by atoms with Crippen molar-refractivity contribution in [2.75, 3.05) is 18.1 Å². The Balaban J connectivity index is 3.12. The van der Waals surface area contributed by atoms with Gasteiger partial charge in [-0.3, -0.25) is 0 Å². The van der Waals surface area contributed by atoms with Crippen LogP contribution in [0.4, 0.5) is 0 Å². The molecule has 0 aliphatic rings. The lowest BCUT2D eigenvalue weighted by atomic mass is 10.1. The summed E-state index contributed by atoms with van der Waals surface area (Å²) in [5, 5.41) is 0. The van der Waals surface area contributed by atoms with Crippen molar-refractivity contribution in [3.05, 3.63) is 0 Å². The first-order valence-electron chi connectivity index (χ1n) is 12.5. The third kappa shape index (κ3) is 24.3. The maximum Gasteiger partial charge on any atom is 0.0637 e. The number of hydrogen-bond acceptors (Lipinski definition) is 2. The molecule has 0 aromatic rings. The molecule has 0 saturated carbocycles. The van der Waals surface area contributed by atoms with E-state index in [0.29, 0.717) is 6.10 Å². The van der Waals surface area contributed by atoms with Gasteiger partial charge in [-0.05, 0) is 25.5 Å². The smallest absolute Gasteiger partial charge is 0.0637 e. The van der Waals surface area contributed by atoms with Crippen LogP contribution in [-0.2, 0) is 4.74 Å². The summed E-state index contributed by atoms with van der Waals surface area (Å²) in [5.74, 6) is 2.50. The summed E-state index contributed by atoms with van der Waals surface area (Å²) in [4.78, 5) is 0. The van der Waals surface area contributed by atoms with Crippen molar-refractivity contribution in [1.29, 1.82) is 0 Å². The van der Waals surface area contributed by atoms with Gasteiger partial charge in [-0.2, -0.15) is 11.8 Å². The summed E-state index contributed by atoms with van der Waals surface area (Å²) >= 11 is 2.09. The van der Waals surface area contributed by atoms with E-state index in [1.807, 2.05) is 0 Å². The largest absolute Gasteiger partial charge is 0.378 e. The molecule has 0 aromatic carbocycles. The van der Waals surface area contributed by atoms with Gasteiger partial charge in [-0.1, -0.05) is 117 Å². The van der Waals surface area contributed by atoms with Gasteiger partial charge in [0.25, 0.3) is 0 Å². The fraction of sp³-hybridized carbons (Fsp3) is 1.00. The topological polar surface area (TPSA) is 9.23 Å². The van der Waals surface area contributed by atoms with Gasteiger partial charge >= 0.3 is 0 Å². The fourth-order valence-electron chi connectivity index (χ4n) is 3.51. The number of ether oxygens (including phenoxy) is 1. The van der Waals surface area contributed by atoms with Gasteiger partial charge in [-0.15, -0.1) is 0 Å². The Kier molecular flexibility index (Phi) is 24.6. The van der Waals surface area contributed by atoms with Crippen molar-refractivity contribution in [3.63, 3.8) is 0 Å². The normalized spacial score (nSPS) is 12.6. The van der Waals surface area contributed by atoms with Gasteiger partial charge < -0.3 is 4.74 Å². The maximum absolute atomic E-state index is 5.97. The number of rotatable bonds is 23. The van der Waals surface area contributed by atoms with Crippen LogP contribution in [0.2, 0.25) is 0 Å². The fourth-order valence-corrected chi connectivity index (χ4v) is 4.51. The lowest BCUT2D eigenvalue weighted by Crippen LogP contribution is -2.12. The van der Waals surface area contributed by atoms with Crippen molar-refractivity contribution < 1.29 is 4.74 Å². The van der Waals surface area contributed by atoms with Crippen LogP contribution in [0.25, 0.3) is 0 Å². The van der Waals surface area contributed by atoms with Crippen molar-refractivity contribution in [3.8, 4) is 0 Å². The highest BCUT2D eigenvalue weighted by Gasteiger charge is 2.02. The van der Waals surface area contributed by atoms with Crippen molar-refractivity contribution in [1.82, 2.24) is 0 Å². The molecule has 0 heterocycles. The van der Waals surface area contributed by atoms with E-state index in [-0.39, 0.29) is 0 Å². The predicted molar refractivity (Wildman–Crippen MR) is 127 cm³/mol. The van der Waals surface area contributed by atoms with Gasteiger partial charge in [0.1, 0.15) is 0 Å². The summed E-state index contributed by atoms with van der Waals surface area (Å²) < 4.78 is 5.97. The van der Waals surface area contributed by atoms with Crippen LogP contribution in [0.5, 0.6) is 0 Å². The van der Waals surface area contributed by atoms with E-state index in [9.17, 15) is 0 Å². The van der Waals surface area contributed by atoms with E-state index in [1.165, 1.54) is 127 Å². The molecule has 2 heteroatoms. The minimum absolute atomic E-state index is 0.433. The highest BCUT2D eigenvalue weighted by Crippen LogP contribution is 2.14. The molecular weight excluding hydrogens is 348 g/mol. The quantitative estimate of drug-likeness (QED) is 0.158. The molecule has 0 rings (SSSR count). The molecule has 0 radical (unpaired) electrons. The molecule has 0 N–H and O–H groups in total. The molecule has 0 spiro atoms. The predicted octanol–water partition coefficient (Wildman–Crippen LogP) is 9.19. The minimum atomic E-state index is 0.433. The average molecular weight is 401 g/mol. The first-order valence-corrected chi connectivity index (χ1v) is 13.7. The lowest BCUT2D eigenvalue weighted by molar-refractivity contribution is 0.0787. The number of thioether (sulfide) groups is 1. The van der Waals surface area contributed by atoms with E-state index in [1.54, 1.807) is 0 Å². The summed E-state index contributed by atoms with van der Waals surface area (Å²) in [7, 11) is 0. The van der Waals surface area contributed by atoms with Crippen LogP contribution in [0.1, 0.15) is 136 Å². The van der Waals surface area contributed by atoms with Crippen LogP contribution >= 0.6 is 11.8 Å². The van der Waals surface area contributed by atoms with E-state index in [0.717, 1.165) is 6.61 Å². The third-order valence-electron chi connectivity index (χ3n) is 5.40. The number of hydrogen-bond donors (Lipinski definition) is 0. The SMILES string of the molecule is CCCCCCCCCCCCSC[C@@H](C)OCCCCCCCCCC. The van der Waals surface area contributed by atoms with Gasteiger partial charge in [0.05, 0.1) is 6.10 Å². The standard InChI is InChI=1S/C25H52OS/c1-4-6-8-10-12-14-15-17-19-21-23-27-24-25(3)26-22-20-18-16-13-11-9-7-5-2/h25H,4-24H2,1-3H3/t25-/m1/s1. The zero-order valence-corrected chi connectivity index (χ0v) is 20.1. The average Bonchev–Trinajstić information content (AvgIpc) is 2.67. The second-order valence-electron chi connectivity index (χ2n) is 8.41. The first-order chi connectivity index (χ1) is 13.3. The Morgan fingerprint density at radius 2 is 0.963 bits per heavy atom. The zero-order chi connectivity index (χ0) is 19.8. The molecular formula is C25H52OS. The monoisotopic (exact) mass is 400 g/mol. The Hall–Kier alpha value is 0.310. The Morgan fingerprint density at radius 1 is 0.556 bits per heavy atom. The molecule has 0 bridgehead atoms. The van der Waals surface area contributed by atoms with Gasteiger partial charge in [0, 0.05) is 12.4 Å². The van der Waals surface area contributed by atoms with Gasteiger partial charge in [-0.25, -0.2) is 0 Å². The highest BCUT2D eigenvalue weighted by atomic mass is 32.2. The minimum Gasteiger partial charge on any atom is -0.378 e. The van der Waals surface area contributed by atoms with Crippen molar-refractivity contribution in [2.45, 2.75) is 142 Å². The first kappa shape index (κ1) is 27.3. The Labute approximate surface area is 177 Å². The molecule has 1 atom stereocenters. The highest BCUT2D eigenvalue weighted by molar-refractivity contribution is 7.99. The molecule has 0 unspecified atom stereocenters. The van der Waals surface area contributed by atoms with Crippen molar-refractivity contribution >= 4 is 11.8 Å². The molecule has 0 amide bonds.